The maximum atomic E-state index is 13.3. The summed E-state index contributed by atoms with van der Waals surface area (Å²) in [5, 5.41) is 9.23. The molecule has 2 aliphatic heterocycles. The van der Waals surface area contributed by atoms with Gasteiger partial charge in [0.05, 0.1) is 17.7 Å². The van der Waals surface area contributed by atoms with E-state index in [0.717, 1.165) is 68.5 Å². The van der Waals surface area contributed by atoms with Gasteiger partial charge in [0.1, 0.15) is 22.3 Å². The summed E-state index contributed by atoms with van der Waals surface area (Å²) in [6, 6.07) is 5.93. The Bertz CT molecular complexity index is 1320. The molecule has 1 fully saturated rings. The number of likely N-dealkylation sites (N-methyl/N-ethyl adjacent to an activating group) is 1. The SMILES string of the molecule is Cc1nc(CNc2ncsc2C(=O)Nc2ccc3c(c2)OC(F)(F)O3)cc(NCCCN2CCN(C)CC2)n1. The second-order valence-electron chi connectivity index (χ2n) is 9.38. The van der Waals surface area contributed by atoms with Crippen LogP contribution >= 0.6 is 11.3 Å². The number of anilines is 3. The quantitative estimate of drug-likeness (QED) is 0.318. The first kappa shape index (κ1) is 27.0. The molecule has 1 amide bonds. The number of carbonyl (C=O) groups is 1. The Labute approximate surface area is 228 Å². The number of hydrogen-bond acceptors (Lipinski definition) is 11. The number of fused-ring (bicyclic) bond motifs is 1. The highest BCUT2D eigenvalue weighted by Crippen LogP contribution is 2.42. The van der Waals surface area contributed by atoms with Crippen LogP contribution in [0.1, 0.15) is 27.6 Å². The third-order valence-corrected chi connectivity index (χ3v) is 7.14. The molecule has 0 saturated carbocycles. The van der Waals surface area contributed by atoms with Crippen molar-refractivity contribution in [3.63, 3.8) is 0 Å². The topological polar surface area (TPSA) is 117 Å². The van der Waals surface area contributed by atoms with Crippen LogP contribution in [0.3, 0.4) is 0 Å². The third-order valence-electron chi connectivity index (χ3n) is 6.31. The van der Waals surface area contributed by atoms with E-state index >= 15 is 0 Å². The second-order valence-corrected chi connectivity index (χ2v) is 10.2. The van der Waals surface area contributed by atoms with Gasteiger partial charge in [-0.1, -0.05) is 0 Å². The highest BCUT2D eigenvalue weighted by atomic mass is 32.1. The molecular weight excluding hydrogens is 530 g/mol. The van der Waals surface area contributed by atoms with E-state index in [4.69, 9.17) is 0 Å². The maximum absolute atomic E-state index is 13.3. The first-order valence-corrected chi connectivity index (χ1v) is 13.5. The summed E-state index contributed by atoms with van der Waals surface area (Å²) < 4.78 is 35.4. The molecule has 1 aromatic carbocycles. The van der Waals surface area contributed by atoms with Crippen LogP contribution in [0, 0.1) is 6.92 Å². The Balaban J connectivity index is 1.13. The van der Waals surface area contributed by atoms with Crippen molar-refractivity contribution in [2.24, 2.45) is 0 Å². The summed E-state index contributed by atoms with van der Waals surface area (Å²) in [5.41, 5.74) is 2.59. The molecule has 0 atom stereocenters. The molecular formula is C25H30F2N8O3S. The van der Waals surface area contributed by atoms with E-state index < -0.39 is 12.2 Å². The summed E-state index contributed by atoms with van der Waals surface area (Å²) in [6.07, 6.45) is -2.71. The van der Waals surface area contributed by atoms with Gasteiger partial charge in [0.2, 0.25) is 0 Å². The van der Waals surface area contributed by atoms with Crippen molar-refractivity contribution in [3.8, 4) is 11.5 Å². The molecule has 11 nitrogen and oxygen atoms in total. The van der Waals surface area contributed by atoms with Crippen LogP contribution in [0.4, 0.5) is 26.1 Å². The molecule has 0 aliphatic carbocycles. The molecule has 14 heteroatoms. The fraction of sp³-hybridized carbons (Fsp3) is 0.440. The zero-order valence-electron chi connectivity index (χ0n) is 21.7. The smallest absolute Gasteiger partial charge is 0.395 e. The highest BCUT2D eigenvalue weighted by Gasteiger charge is 2.43. The lowest BCUT2D eigenvalue weighted by Gasteiger charge is -2.32. The number of amides is 1. The largest absolute Gasteiger partial charge is 0.586 e. The van der Waals surface area contributed by atoms with E-state index in [-0.39, 0.29) is 17.2 Å². The van der Waals surface area contributed by atoms with Gasteiger partial charge in [-0.05, 0) is 39.1 Å². The van der Waals surface area contributed by atoms with Crippen LogP contribution in [0.2, 0.25) is 0 Å². The van der Waals surface area contributed by atoms with E-state index in [1.165, 1.54) is 18.2 Å². The lowest BCUT2D eigenvalue weighted by atomic mass is 10.2. The van der Waals surface area contributed by atoms with Crippen molar-refractivity contribution in [2.45, 2.75) is 26.2 Å². The summed E-state index contributed by atoms with van der Waals surface area (Å²) >= 11 is 1.16. The number of halogens is 2. The fourth-order valence-corrected chi connectivity index (χ4v) is 4.98. The van der Waals surface area contributed by atoms with Crippen molar-refractivity contribution >= 4 is 34.6 Å². The number of hydrogen-bond donors (Lipinski definition) is 3. The van der Waals surface area contributed by atoms with Gasteiger partial charge < -0.3 is 35.2 Å². The standard InChI is InChI=1S/C25H30F2N8O3S/c1-16-31-18(13-21(32-16)28-6-3-7-35-10-8-34(2)9-11-35)14-29-23-22(39-15-30-23)24(36)33-17-4-5-19-20(12-17)38-25(26,27)37-19/h4-5,12-13,15,29H,3,6-11,14H2,1-2H3,(H,33,36)(H,28,31,32). The zero-order chi connectivity index (χ0) is 27.4. The summed E-state index contributed by atoms with van der Waals surface area (Å²) in [4.78, 5) is 31.3. The number of rotatable bonds is 10. The van der Waals surface area contributed by atoms with Gasteiger partial charge >= 0.3 is 6.29 Å². The van der Waals surface area contributed by atoms with Crippen molar-refractivity contribution in [3.05, 3.63) is 46.2 Å². The molecule has 1 saturated heterocycles. The molecule has 3 aromatic rings. The molecule has 39 heavy (non-hydrogen) atoms. The number of alkyl halides is 2. The number of piperazine rings is 1. The van der Waals surface area contributed by atoms with Crippen molar-refractivity contribution in [2.75, 3.05) is 62.3 Å². The number of nitrogens with one attached hydrogen (secondary N) is 3. The van der Waals surface area contributed by atoms with Crippen LogP contribution in [-0.2, 0) is 6.54 Å². The number of ether oxygens (including phenoxy) is 2. The van der Waals surface area contributed by atoms with Gasteiger partial charge in [0, 0.05) is 50.5 Å². The number of thiazole rings is 1. The Kier molecular flexibility index (Phi) is 8.04. The Morgan fingerprint density at radius 1 is 1.10 bits per heavy atom. The summed E-state index contributed by atoms with van der Waals surface area (Å²) in [7, 11) is 2.15. The summed E-state index contributed by atoms with van der Waals surface area (Å²) in [6.45, 7) is 8.45. The molecule has 3 N–H and O–H groups in total. The molecule has 0 spiro atoms. The molecule has 2 aliphatic rings. The van der Waals surface area contributed by atoms with Crippen molar-refractivity contribution in [1.29, 1.82) is 0 Å². The van der Waals surface area contributed by atoms with Gasteiger partial charge in [0.15, 0.2) is 11.5 Å². The van der Waals surface area contributed by atoms with Crippen LogP contribution in [0.5, 0.6) is 11.5 Å². The molecule has 0 radical (unpaired) electrons. The highest BCUT2D eigenvalue weighted by molar-refractivity contribution is 7.12. The minimum Gasteiger partial charge on any atom is -0.395 e. The Morgan fingerprint density at radius 2 is 1.90 bits per heavy atom. The molecule has 2 aromatic heterocycles. The van der Waals surface area contributed by atoms with Gasteiger partial charge in [-0.2, -0.15) is 0 Å². The van der Waals surface area contributed by atoms with E-state index in [1.807, 2.05) is 13.0 Å². The Hall–Kier alpha value is -3.62. The van der Waals surface area contributed by atoms with Crippen LogP contribution in [0.15, 0.2) is 29.8 Å². The van der Waals surface area contributed by atoms with E-state index in [1.54, 1.807) is 5.51 Å². The monoisotopic (exact) mass is 560 g/mol. The first-order chi connectivity index (χ1) is 18.7. The van der Waals surface area contributed by atoms with Gasteiger partial charge in [-0.3, -0.25) is 4.79 Å². The molecule has 208 valence electrons. The number of aryl methyl sites for hydroxylation is 1. The average molecular weight is 561 g/mol. The fourth-order valence-electron chi connectivity index (χ4n) is 4.32. The normalized spacial score (nSPS) is 16.7. The third kappa shape index (κ3) is 7.07. The number of aromatic nitrogens is 3. The van der Waals surface area contributed by atoms with Crippen LogP contribution < -0.4 is 25.4 Å². The molecule has 0 bridgehead atoms. The van der Waals surface area contributed by atoms with E-state index in [9.17, 15) is 13.6 Å². The van der Waals surface area contributed by atoms with Gasteiger partial charge in [-0.15, -0.1) is 20.1 Å². The zero-order valence-corrected chi connectivity index (χ0v) is 22.5. The first-order valence-electron chi connectivity index (χ1n) is 12.6. The number of nitrogens with zero attached hydrogens (tertiary/aromatic N) is 5. The predicted octanol–water partition coefficient (Wildman–Crippen LogP) is 3.48. The summed E-state index contributed by atoms with van der Waals surface area (Å²) in [5.74, 6) is 1.10. The molecule has 4 heterocycles. The molecule has 0 unspecified atom stereocenters. The van der Waals surface area contributed by atoms with E-state index in [0.29, 0.717) is 23.1 Å². The van der Waals surface area contributed by atoms with Gasteiger partial charge in [-0.25, -0.2) is 15.0 Å². The van der Waals surface area contributed by atoms with Gasteiger partial charge in [0.25, 0.3) is 5.91 Å². The lowest BCUT2D eigenvalue weighted by molar-refractivity contribution is -0.286. The second kappa shape index (κ2) is 11.6. The number of carbonyl (C=O) groups excluding carboxylic acids is 1. The van der Waals surface area contributed by atoms with E-state index in [2.05, 4.69) is 57.2 Å². The number of benzene rings is 1. The molecule has 5 rings (SSSR count). The Morgan fingerprint density at radius 3 is 2.72 bits per heavy atom. The average Bonchev–Trinajstić information content (AvgIpc) is 3.48. The predicted molar refractivity (Wildman–Crippen MR) is 144 cm³/mol. The maximum Gasteiger partial charge on any atom is 0.586 e. The minimum atomic E-state index is -3.72. The van der Waals surface area contributed by atoms with Crippen LogP contribution in [-0.4, -0.2) is 83.3 Å². The van der Waals surface area contributed by atoms with Crippen molar-refractivity contribution < 1.29 is 23.0 Å². The van der Waals surface area contributed by atoms with Crippen molar-refractivity contribution in [1.82, 2.24) is 24.8 Å². The minimum absolute atomic E-state index is 0.0952. The lowest BCUT2D eigenvalue weighted by Crippen LogP contribution is -2.44. The van der Waals surface area contributed by atoms with Crippen LogP contribution in [0.25, 0.3) is 0 Å².